The molecule has 2 unspecified atom stereocenters. The van der Waals surface area contributed by atoms with Gasteiger partial charge in [0.1, 0.15) is 0 Å². The fraction of sp³-hybridized carbons (Fsp3) is 0.600. The average Bonchev–Trinajstić information content (AvgIpc) is 2.44. The summed E-state index contributed by atoms with van der Waals surface area (Å²) in [7, 11) is -1.88. The Hall–Kier alpha value is -0.950. The molecule has 0 aliphatic carbocycles. The van der Waals surface area contributed by atoms with Crippen LogP contribution in [0.15, 0.2) is 24.3 Å². The first-order valence-corrected chi connectivity index (χ1v) is 8.76. The third-order valence-electron chi connectivity index (χ3n) is 3.41. The maximum absolute atomic E-state index is 11.8. The van der Waals surface area contributed by atoms with Crippen molar-refractivity contribution in [3.63, 3.8) is 0 Å². The summed E-state index contributed by atoms with van der Waals surface area (Å²) in [6, 6.07) is 7.60. The summed E-state index contributed by atoms with van der Waals surface area (Å²) in [5.74, 6) is 0.395. The molecule has 6 heteroatoms. The monoisotopic (exact) mass is 314 g/mol. The van der Waals surface area contributed by atoms with Crippen molar-refractivity contribution in [2.45, 2.75) is 38.8 Å². The smallest absolute Gasteiger partial charge is 0.214 e. The second-order valence-electron chi connectivity index (χ2n) is 5.60. The van der Waals surface area contributed by atoms with Gasteiger partial charge in [-0.15, -0.1) is 0 Å². The van der Waals surface area contributed by atoms with Crippen LogP contribution in [0.5, 0.6) is 0 Å². The second-order valence-corrected chi connectivity index (χ2v) is 7.46. The first-order chi connectivity index (χ1) is 9.75. The molecule has 0 saturated carbocycles. The van der Waals surface area contributed by atoms with E-state index in [0.717, 1.165) is 5.56 Å². The summed E-state index contributed by atoms with van der Waals surface area (Å²) >= 11 is 0. The summed E-state index contributed by atoms with van der Waals surface area (Å²) in [6.07, 6.45) is -0.343. The van der Waals surface area contributed by atoms with Gasteiger partial charge in [-0.05, 0) is 24.0 Å². The molecular weight excluding hydrogens is 288 g/mol. The lowest BCUT2D eigenvalue weighted by Gasteiger charge is -2.16. The molecule has 3 N–H and O–H groups in total. The Bertz CT molecular complexity index is 526. The Balaban J connectivity index is 2.59. The number of hydrogen-bond donors (Lipinski definition) is 2. The summed E-state index contributed by atoms with van der Waals surface area (Å²) in [4.78, 5) is 0. The van der Waals surface area contributed by atoms with Crippen LogP contribution in [0.2, 0.25) is 0 Å². The van der Waals surface area contributed by atoms with Crippen molar-refractivity contribution >= 4 is 10.0 Å². The number of hydrogen-bond acceptors (Lipinski definition) is 4. The molecule has 0 radical (unpaired) electrons. The van der Waals surface area contributed by atoms with Crippen LogP contribution >= 0.6 is 0 Å². The molecule has 0 bridgehead atoms. The van der Waals surface area contributed by atoms with Gasteiger partial charge in [0.05, 0.1) is 11.9 Å². The number of nitrogens with one attached hydrogen (secondary N) is 1. The third kappa shape index (κ3) is 6.13. The van der Waals surface area contributed by atoms with E-state index in [4.69, 9.17) is 10.5 Å². The van der Waals surface area contributed by atoms with Crippen molar-refractivity contribution in [3.8, 4) is 0 Å². The predicted octanol–water partition coefficient (Wildman–Crippen LogP) is 1.76. The van der Waals surface area contributed by atoms with Gasteiger partial charge in [-0.1, -0.05) is 38.1 Å². The zero-order valence-corrected chi connectivity index (χ0v) is 14.0. The molecule has 0 aliphatic rings. The Kier molecular flexibility index (Phi) is 6.80. The van der Waals surface area contributed by atoms with Gasteiger partial charge in [-0.3, -0.25) is 0 Å². The predicted molar refractivity (Wildman–Crippen MR) is 85.7 cm³/mol. The van der Waals surface area contributed by atoms with E-state index in [2.05, 4.69) is 18.6 Å². The van der Waals surface area contributed by atoms with E-state index in [-0.39, 0.29) is 24.4 Å². The molecule has 0 aliphatic heterocycles. The molecule has 1 rings (SSSR count). The maximum atomic E-state index is 11.8. The molecule has 5 nitrogen and oxygen atoms in total. The molecule has 0 heterocycles. The summed E-state index contributed by atoms with van der Waals surface area (Å²) < 4.78 is 31.2. The van der Waals surface area contributed by atoms with Gasteiger partial charge in [0.25, 0.3) is 0 Å². The summed E-state index contributed by atoms with van der Waals surface area (Å²) in [5.41, 5.74) is 8.19. The Labute approximate surface area is 127 Å². The fourth-order valence-electron chi connectivity index (χ4n) is 1.90. The highest BCUT2D eigenvalue weighted by Crippen LogP contribution is 2.17. The van der Waals surface area contributed by atoms with E-state index in [1.807, 2.05) is 24.3 Å². The number of ether oxygens (including phenoxy) is 1. The lowest BCUT2D eigenvalue weighted by Crippen LogP contribution is -2.36. The highest BCUT2D eigenvalue weighted by molar-refractivity contribution is 7.89. The van der Waals surface area contributed by atoms with Gasteiger partial charge in [-0.25, -0.2) is 13.1 Å². The molecule has 0 amide bonds. The molecule has 0 aromatic heterocycles. The first kappa shape index (κ1) is 18.1. The van der Waals surface area contributed by atoms with Crippen LogP contribution in [0.25, 0.3) is 0 Å². The minimum Gasteiger partial charge on any atom is -0.381 e. The van der Waals surface area contributed by atoms with E-state index in [1.54, 1.807) is 6.92 Å². The topological polar surface area (TPSA) is 81.4 Å². The first-order valence-electron chi connectivity index (χ1n) is 7.10. The molecule has 0 spiro atoms. The Morgan fingerprint density at radius 1 is 1.14 bits per heavy atom. The molecule has 1 aromatic rings. The highest BCUT2D eigenvalue weighted by atomic mass is 32.2. The summed E-state index contributed by atoms with van der Waals surface area (Å²) in [5, 5.41) is 0. The number of rotatable bonds is 8. The van der Waals surface area contributed by atoms with Crippen molar-refractivity contribution < 1.29 is 13.2 Å². The van der Waals surface area contributed by atoms with E-state index in [9.17, 15) is 8.42 Å². The minimum atomic E-state index is -3.37. The normalized spacial score (nSPS) is 15.1. The minimum absolute atomic E-state index is 0.0670. The van der Waals surface area contributed by atoms with Gasteiger partial charge in [0.15, 0.2) is 0 Å². The zero-order chi connectivity index (χ0) is 16.0. The Morgan fingerprint density at radius 2 is 1.67 bits per heavy atom. The molecule has 1 aromatic carbocycles. The van der Waals surface area contributed by atoms with Gasteiger partial charge in [-0.2, -0.15) is 0 Å². The quantitative estimate of drug-likeness (QED) is 0.766. The van der Waals surface area contributed by atoms with Crippen LogP contribution < -0.4 is 10.5 Å². The van der Waals surface area contributed by atoms with E-state index in [1.165, 1.54) is 12.7 Å². The number of sulfonamides is 1. The SMILES string of the molecule is COC(C)CS(=O)(=O)NCC(N)c1ccc(C(C)C)cc1. The molecule has 21 heavy (non-hydrogen) atoms. The van der Waals surface area contributed by atoms with E-state index < -0.39 is 10.0 Å². The molecule has 0 fully saturated rings. The van der Waals surface area contributed by atoms with Crippen LogP contribution in [0, 0.1) is 0 Å². The van der Waals surface area contributed by atoms with Crippen LogP contribution in [-0.4, -0.2) is 33.9 Å². The van der Waals surface area contributed by atoms with Crippen molar-refractivity contribution in [1.82, 2.24) is 4.72 Å². The van der Waals surface area contributed by atoms with Gasteiger partial charge in [0, 0.05) is 19.7 Å². The maximum Gasteiger partial charge on any atom is 0.214 e. The van der Waals surface area contributed by atoms with Crippen LogP contribution in [-0.2, 0) is 14.8 Å². The zero-order valence-electron chi connectivity index (χ0n) is 13.2. The fourth-order valence-corrected chi connectivity index (χ4v) is 3.20. The van der Waals surface area contributed by atoms with Gasteiger partial charge < -0.3 is 10.5 Å². The van der Waals surface area contributed by atoms with Gasteiger partial charge >= 0.3 is 0 Å². The van der Waals surface area contributed by atoms with Crippen molar-refractivity contribution in [2.24, 2.45) is 5.73 Å². The molecule has 120 valence electrons. The molecule has 0 saturated heterocycles. The Morgan fingerprint density at radius 3 is 2.14 bits per heavy atom. The second kappa shape index (κ2) is 7.89. The van der Waals surface area contributed by atoms with Crippen molar-refractivity contribution in [1.29, 1.82) is 0 Å². The lowest BCUT2D eigenvalue weighted by atomic mass is 9.99. The lowest BCUT2D eigenvalue weighted by molar-refractivity contribution is 0.136. The van der Waals surface area contributed by atoms with Crippen LogP contribution in [0.1, 0.15) is 43.9 Å². The summed E-state index contributed by atoms with van der Waals surface area (Å²) in [6.45, 7) is 6.14. The van der Waals surface area contributed by atoms with Crippen LogP contribution in [0.3, 0.4) is 0 Å². The standard InChI is InChI=1S/C15H26N2O3S/c1-11(2)13-5-7-14(8-6-13)15(16)9-17-21(18,19)10-12(3)20-4/h5-8,11-12,15,17H,9-10,16H2,1-4H3. The highest BCUT2D eigenvalue weighted by Gasteiger charge is 2.17. The number of methoxy groups -OCH3 is 1. The van der Waals surface area contributed by atoms with Crippen molar-refractivity contribution in [3.05, 3.63) is 35.4 Å². The molecule has 2 atom stereocenters. The van der Waals surface area contributed by atoms with E-state index in [0.29, 0.717) is 5.92 Å². The largest absolute Gasteiger partial charge is 0.381 e. The van der Waals surface area contributed by atoms with E-state index >= 15 is 0 Å². The number of benzene rings is 1. The average molecular weight is 314 g/mol. The molecular formula is C15H26N2O3S. The third-order valence-corrected chi connectivity index (χ3v) is 4.93. The van der Waals surface area contributed by atoms with Crippen molar-refractivity contribution in [2.75, 3.05) is 19.4 Å². The van der Waals surface area contributed by atoms with Crippen LogP contribution in [0.4, 0.5) is 0 Å². The van der Waals surface area contributed by atoms with Gasteiger partial charge in [0.2, 0.25) is 10.0 Å². The number of nitrogens with two attached hydrogens (primary N) is 1.